The molecule has 2 rings (SSSR count). The normalized spacial score (nSPS) is 13.7. The van der Waals surface area contributed by atoms with Crippen molar-refractivity contribution < 1.29 is 9.90 Å². The van der Waals surface area contributed by atoms with Gasteiger partial charge in [-0.05, 0) is 17.7 Å². The minimum Gasteiger partial charge on any atom is -0.481 e. The first-order valence-electron chi connectivity index (χ1n) is 4.58. The maximum atomic E-state index is 10.5. The van der Waals surface area contributed by atoms with Crippen molar-refractivity contribution in [3.63, 3.8) is 0 Å². The first kappa shape index (κ1) is 8.87. The van der Waals surface area contributed by atoms with Crippen LogP contribution < -0.4 is 10.6 Å². The molecule has 0 aromatic heterocycles. The Morgan fingerprint density at radius 3 is 2.71 bits per heavy atom. The van der Waals surface area contributed by atoms with Crippen molar-refractivity contribution in [3.05, 3.63) is 23.8 Å². The van der Waals surface area contributed by atoms with Gasteiger partial charge in [0.15, 0.2) is 0 Å². The largest absolute Gasteiger partial charge is 0.481 e. The highest BCUT2D eigenvalue weighted by Crippen LogP contribution is 2.25. The number of benzene rings is 1. The molecular formula is C10H12N2O2. The summed E-state index contributed by atoms with van der Waals surface area (Å²) in [6, 6.07) is 5.64. The van der Waals surface area contributed by atoms with Crippen molar-refractivity contribution in [1.29, 1.82) is 0 Å². The van der Waals surface area contributed by atoms with Gasteiger partial charge in [0.05, 0.1) is 17.8 Å². The first-order chi connectivity index (χ1) is 6.75. The summed E-state index contributed by atoms with van der Waals surface area (Å²) in [4.78, 5) is 10.5. The monoisotopic (exact) mass is 192 g/mol. The van der Waals surface area contributed by atoms with Gasteiger partial charge in [-0.1, -0.05) is 6.07 Å². The van der Waals surface area contributed by atoms with Crippen LogP contribution in [0.15, 0.2) is 18.2 Å². The third-order valence-electron chi connectivity index (χ3n) is 2.20. The van der Waals surface area contributed by atoms with Crippen LogP contribution in [0.2, 0.25) is 0 Å². The number of carbonyl (C=O) groups is 1. The van der Waals surface area contributed by atoms with Gasteiger partial charge in [0.25, 0.3) is 0 Å². The summed E-state index contributed by atoms with van der Waals surface area (Å²) >= 11 is 0. The van der Waals surface area contributed by atoms with Crippen LogP contribution in [0.3, 0.4) is 0 Å². The van der Waals surface area contributed by atoms with Crippen LogP contribution in [-0.2, 0) is 11.2 Å². The lowest BCUT2D eigenvalue weighted by molar-refractivity contribution is -0.136. The molecule has 4 nitrogen and oxygen atoms in total. The van der Waals surface area contributed by atoms with Crippen molar-refractivity contribution >= 4 is 17.3 Å². The standard InChI is InChI=1S/C10H12N2O2/c13-10(14)6-7-1-2-8-9(5-7)12-4-3-11-8/h1-2,5,11-12H,3-4,6H2,(H,13,14). The van der Waals surface area contributed by atoms with Gasteiger partial charge in [-0.2, -0.15) is 0 Å². The molecule has 0 aliphatic carbocycles. The third kappa shape index (κ3) is 1.79. The number of rotatable bonds is 2. The van der Waals surface area contributed by atoms with Crippen LogP contribution >= 0.6 is 0 Å². The van der Waals surface area contributed by atoms with Gasteiger partial charge < -0.3 is 15.7 Å². The quantitative estimate of drug-likeness (QED) is 0.657. The Bertz CT molecular complexity index is 363. The lowest BCUT2D eigenvalue weighted by Gasteiger charge is -2.20. The fourth-order valence-electron chi connectivity index (χ4n) is 1.57. The molecule has 0 unspecified atom stereocenters. The van der Waals surface area contributed by atoms with Gasteiger partial charge in [0, 0.05) is 13.1 Å². The fourth-order valence-corrected chi connectivity index (χ4v) is 1.57. The molecule has 1 aliphatic rings. The maximum absolute atomic E-state index is 10.5. The minimum absolute atomic E-state index is 0.0783. The Hall–Kier alpha value is -1.71. The van der Waals surface area contributed by atoms with Crippen LogP contribution in [0.1, 0.15) is 5.56 Å². The zero-order valence-electron chi connectivity index (χ0n) is 7.71. The van der Waals surface area contributed by atoms with E-state index in [0.29, 0.717) is 0 Å². The number of carboxylic acid groups (broad SMARTS) is 1. The smallest absolute Gasteiger partial charge is 0.307 e. The summed E-state index contributed by atoms with van der Waals surface area (Å²) in [5.41, 5.74) is 2.87. The van der Waals surface area contributed by atoms with E-state index in [-0.39, 0.29) is 6.42 Å². The second-order valence-corrected chi connectivity index (χ2v) is 3.30. The molecule has 0 radical (unpaired) electrons. The van der Waals surface area contributed by atoms with E-state index in [4.69, 9.17) is 5.11 Å². The zero-order valence-corrected chi connectivity index (χ0v) is 7.71. The summed E-state index contributed by atoms with van der Waals surface area (Å²) in [7, 11) is 0. The highest BCUT2D eigenvalue weighted by Gasteiger charge is 2.08. The Labute approximate surface area is 81.9 Å². The van der Waals surface area contributed by atoms with E-state index in [1.54, 1.807) is 0 Å². The van der Waals surface area contributed by atoms with Crippen molar-refractivity contribution in [2.24, 2.45) is 0 Å². The van der Waals surface area contributed by atoms with Gasteiger partial charge in [0.2, 0.25) is 0 Å². The minimum atomic E-state index is -0.797. The van der Waals surface area contributed by atoms with E-state index in [0.717, 1.165) is 30.0 Å². The Morgan fingerprint density at radius 2 is 2.00 bits per heavy atom. The number of nitrogens with one attached hydrogen (secondary N) is 2. The number of aliphatic carboxylic acids is 1. The van der Waals surface area contributed by atoms with Gasteiger partial charge in [-0.15, -0.1) is 0 Å². The Morgan fingerprint density at radius 1 is 1.29 bits per heavy atom. The molecule has 0 atom stereocenters. The van der Waals surface area contributed by atoms with Crippen LogP contribution in [0.5, 0.6) is 0 Å². The molecule has 1 aromatic rings. The first-order valence-corrected chi connectivity index (χ1v) is 4.58. The number of hydrogen-bond acceptors (Lipinski definition) is 3. The summed E-state index contributed by atoms with van der Waals surface area (Å²) < 4.78 is 0. The van der Waals surface area contributed by atoms with Crippen molar-refractivity contribution in [2.75, 3.05) is 23.7 Å². The van der Waals surface area contributed by atoms with E-state index in [9.17, 15) is 4.79 Å². The predicted octanol–water partition coefficient (Wildman–Crippen LogP) is 1.15. The van der Waals surface area contributed by atoms with Crippen molar-refractivity contribution in [3.8, 4) is 0 Å². The average molecular weight is 192 g/mol. The highest BCUT2D eigenvalue weighted by molar-refractivity contribution is 5.75. The van der Waals surface area contributed by atoms with Gasteiger partial charge in [0.1, 0.15) is 0 Å². The maximum Gasteiger partial charge on any atom is 0.307 e. The molecule has 74 valence electrons. The van der Waals surface area contributed by atoms with E-state index in [1.165, 1.54) is 0 Å². The topological polar surface area (TPSA) is 61.4 Å². The molecule has 14 heavy (non-hydrogen) atoms. The molecule has 0 saturated heterocycles. The van der Waals surface area contributed by atoms with E-state index in [1.807, 2.05) is 18.2 Å². The molecule has 0 amide bonds. The van der Waals surface area contributed by atoms with Gasteiger partial charge in [-0.25, -0.2) is 0 Å². The number of hydrogen-bond donors (Lipinski definition) is 3. The molecule has 0 fully saturated rings. The Balaban J connectivity index is 2.24. The fraction of sp³-hybridized carbons (Fsp3) is 0.300. The Kier molecular flexibility index (Phi) is 2.26. The molecule has 1 aliphatic heterocycles. The van der Waals surface area contributed by atoms with Crippen LogP contribution in [0.25, 0.3) is 0 Å². The molecule has 0 bridgehead atoms. The SMILES string of the molecule is O=C(O)Cc1ccc2c(c1)NCCN2. The lowest BCUT2D eigenvalue weighted by Crippen LogP contribution is -2.20. The molecule has 4 heteroatoms. The summed E-state index contributed by atoms with van der Waals surface area (Å²) in [6.45, 7) is 1.79. The summed E-state index contributed by atoms with van der Waals surface area (Å²) in [5, 5.41) is 15.1. The van der Waals surface area contributed by atoms with E-state index >= 15 is 0 Å². The van der Waals surface area contributed by atoms with E-state index in [2.05, 4.69) is 10.6 Å². The van der Waals surface area contributed by atoms with Crippen LogP contribution in [0, 0.1) is 0 Å². The zero-order chi connectivity index (χ0) is 9.97. The molecule has 1 heterocycles. The van der Waals surface area contributed by atoms with Gasteiger partial charge in [-0.3, -0.25) is 4.79 Å². The second-order valence-electron chi connectivity index (χ2n) is 3.30. The molecule has 0 saturated carbocycles. The van der Waals surface area contributed by atoms with Crippen molar-refractivity contribution in [2.45, 2.75) is 6.42 Å². The van der Waals surface area contributed by atoms with Crippen LogP contribution in [0.4, 0.5) is 11.4 Å². The van der Waals surface area contributed by atoms with Crippen LogP contribution in [-0.4, -0.2) is 24.2 Å². The number of fused-ring (bicyclic) bond motifs is 1. The molecule has 1 aromatic carbocycles. The number of anilines is 2. The highest BCUT2D eigenvalue weighted by atomic mass is 16.4. The van der Waals surface area contributed by atoms with Gasteiger partial charge >= 0.3 is 5.97 Å². The summed E-state index contributed by atoms with van der Waals surface area (Å²) in [6.07, 6.45) is 0.0783. The van der Waals surface area contributed by atoms with E-state index < -0.39 is 5.97 Å². The molecule has 3 N–H and O–H groups in total. The lowest BCUT2D eigenvalue weighted by atomic mass is 10.1. The second kappa shape index (κ2) is 3.57. The summed E-state index contributed by atoms with van der Waals surface area (Å²) in [5.74, 6) is -0.797. The number of carboxylic acids is 1. The third-order valence-corrected chi connectivity index (χ3v) is 2.20. The molecular weight excluding hydrogens is 180 g/mol. The molecule has 0 spiro atoms. The van der Waals surface area contributed by atoms with Crippen molar-refractivity contribution in [1.82, 2.24) is 0 Å². The average Bonchev–Trinajstić information content (AvgIpc) is 2.17. The predicted molar refractivity (Wildman–Crippen MR) is 54.8 cm³/mol.